The molecule has 0 rings (SSSR count). The zero-order valence-electron chi connectivity index (χ0n) is 22.8. The van der Waals surface area contributed by atoms with Gasteiger partial charge in [-0.1, -0.05) is 98.5 Å². The molecular formula is C29H54O5. The molecule has 0 N–H and O–H groups in total. The fourth-order valence-electron chi connectivity index (χ4n) is 3.65. The largest absolute Gasteiger partial charge is 0.499 e. The molecule has 0 aromatic heterocycles. The second kappa shape index (κ2) is 23.2. The van der Waals surface area contributed by atoms with Gasteiger partial charge in [0.1, 0.15) is 0 Å². The molecule has 0 aliphatic rings. The number of carbonyl (C=O) groups excluding carboxylic acids is 2. The van der Waals surface area contributed by atoms with Crippen molar-refractivity contribution in [2.24, 2.45) is 11.8 Å². The first kappa shape index (κ1) is 32.5. The second-order valence-corrected chi connectivity index (χ2v) is 10.0. The molecule has 5 heteroatoms. The third-order valence-electron chi connectivity index (χ3n) is 5.95. The summed E-state index contributed by atoms with van der Waals surface area (Å²) in [5.74, 6) is 0.739. The van der Waals surface area contributed by atoms with Crippen LogP contribution in [0.5, 0.6) is 0 Å². The molecule has 0 aromatic rings. The Morgan fingerprint density at radius 3 is 1.56 bits per heavy atom. The van der Waals surface area contributed by atoms with Crippen LogP contribution >= 0.6 is 0 Å². The number of rotatable bonds is 24. The van der Waals surface area contributed by atoms with Crippen LogP contribution in [0.1, 0.15) is 130 Å². The zero-order valence-corrected chi connectivity index (χ0v) is 22.8. The summed E-state index contributed by atoms with van der Waals surface area (Å²) in [6.45, 7) is 13.8. The van der Waals surface area contributed by atoms with E-state index >= 15 is 0 Å². The number of allylic oxidation sites excluding steroid dienone is 1. The third-order valence-corrected chi connectivity index (χ3v) is 5.95. The molecule has 0 heterocycles. The first-order valence-electron chi connectivity index (χ1n) is 14.0. The van der Waals surface area contributed by atoms with Gasteiger partial charge in [-0.15, -0.1) is 0 Å². The van der Waals surface area contributed by atoms with Crippen LogP contribution < -0.4 is 0 Å². The highest BCUT2D eigenvalue weighted by Gasteiger charge is 2.17. The Kier molecular flexibility index (Phi) is 22.2. The molecule has 0 aliphatic heterocycles. The number of esters is 2. The summed E-state index contributed by atoms with van der Waals surface area (Å²) in [4.78, 5) is 24.3. The van der Waals surface area contributed by atoms with E-state index in [1.54, 1.807) is 0 Å². The van der Waals surface area contributed by atoms with Crippen molar-refractivity contribution in [1.29, 1.82) is 0 Å². The van der Waals surface area contributed by atoms with Crippen LogP contribution in [-0.2, 0) is 23.8 Å². The number of unbranched alkanes of at least 4 members (excludes halogenated alkanes) is 10. The molecule has 0 bridgehead atoms. The summed E-state index contributed by atoms with van der Waals surface area (Å²) >= 11 is 0. The van der Waals surface area contributed by atoms with Crippen molar-refractivity contribution in [3.05, 3.63) is 12.3 Å². The molecule has 0 spiro atoms. The molecule has 200 valence electrons. The van der Waals surface area contributed by atoms with Gasteiger partial charge in [0.25, 0.3) is 0 Å². The van der Waals surface area contributed by atoms with Gasteiger partial charge in [0.15, 0.2) is 0 Å². The van der Waals surface area contributed by atoms with Crippen LogP contribution in [0.25, 0.3) is 0 Å². The number of hydrogen-bond donors (Lipinski definition) is 0. The highest BCUT2D eigenvalue weighted by Crippen LogP contribution is 2.16. The molecule has 0 unspecified atom stereocenters. The van der Waals surface area contributed by atoms with Crippen molar-refractivity contribution in [2.75, 3.05) is 19.8 Å². The van der Waals surface area contributed by atoms with Gasteiger partial charge in [0, 0.05) is 25.2 Å². The summed E-state index contributed by atoms with van der Waals surface area (Å²) in [7, 11) is 0. The van der Waals surface area contributed by atoms with Gasteiger partial charge < -0.3 is 14.2 Å². The summed E-state index contributed by atoms with van der Waals surface area (Å²) in [6, 6.07) is 0. The molecule has 5 nitrogen and oxygen atoms in total. The number of hydrogen-bond acceptors (Lipinski definition) is 5. The predicted octanol–water partition coefficient (Wildman–Crippen LogP) is 8.16. The Bertz CT molecular complexity index is 483. The smallest absolute Gasteiger partial charge is 0.305 e. The molecule has 0 fully saturated rings. The van der Waals surface area contributed by atoms with E-state index in [2.05, 4.69) is 34.3 Å². The van der Waals surface area contributed by atoms with Gasteiger partial charge >= 0.3 is 11.9 Å². The van der Waals surface area contributed by atoms with E-state index < -0.39 is 0 Å². The predicted molar refractivity (Wildman–Crippen MR) is 141 cm³/mol. The molecule has 0 aliphatic carbocycles. The average Bonchev–Trinajstić information content (AvgIpc) is 2.80. The molecule has 0 aromatic carbocycles. The summed E-state index contributed by atoms with van der Waals surface area (Å²) in [5.41, 5.74) is 0. The molecule has 0 saturated carbocycles. The van der Waals surface area contributed by atoms with Crippen molar-refractivity contribution < 1.29 is 23.8 Å². The topological polar surface area (TPSA) is 61.8 Å². The van der Waals surface area contributed by atoms with E-state index in [9.17, 15) is 9.59 Å². The van der Waals surface area contributed by atoms with Crippen LogP contribution in [-0.4, -0.2) is 31.8 Å². The average molecular weight is 483 g/mol. The fourth-order valence-corrected chi connectivity index (χ4v) is 3.65. The highest BCUT2D eigenvalue weighted by atomic mass is 16.5. The first-order valence-corrected chi connectivity index (χ1v) is 14.0. The van der Waals surface area contributed by atoms with Crippen molar-refractivity contribution >= 4 is 11.9 Å². The Labute approximate surface area is 210 Å². The molecule has 0 amide bonds. The maximum absolute atomic E-state index is 12.2. The quantitative estimate of drug-likeness (QED) is 0.0789. The van der Waals surface area contributed by atoms with Gasteiger partial charge in [-0.3, -0.25) is 9.59 Å². The van der Waals surface area contributed by atoms with E-state index in [-0.39, 0.29) is 31.1 Å². The highest BCUT2D eigenvalue weighted by molar-refractivity contribution is 5.69. The summed E-state index contributed by atoms with van der Waals surface area (Å²) in [6.07, 6.45) is 16.0. The standard InChI is InChI=1S/C29H54O5/c1-6-8-10-12-14-16-18-28(30)33-23-27(22-26(5)32-21-20-25(3)4)24-34-29(31)19-17-15-13-11-9-7-2/h25,27H,5-24H2,1-4H3. The summed E-state index contributed by atoms with van der Waals surface area (Å²) in [5, 5.41) is 0. The lowest BCUT2D eigenvalue weighted by molar-refractivity contribution is -0.149. The van der Waals surface area contributed by atoms with Crippen LogP contribution in [0, 0.1) is 11.8 Å². The second-order valence-electron chi connectivity index (χ2n) is 10.0. The lowest BCUT2D eigenvalue weighted by Crippen LogP contribution is -2.22. The maximum Gasteiger partial charge on any atom is 0.305 e. The fraction of sp³-hybridized carbons (Fsp3) is 0.862. The van der Waals surface area contributed by atoms with Gasteiger partial charge in [-0.05, 0) is 25.2 Å². The van der Waals surface area contributed by atoms with E-state index in [0.717, 1.165) is 32.1 Å². The minimum atomic E-state index is -0.176. The minimum absolute atomic E-state index is 0.131. The van der Waals surface area contributed by atoms with Crippen LogP contribution in [0.2, 0.25) is 0 Å². The zero-order chi connectivity index (χ0) is 25.4. The van der Waals surface area contributed by atoms with Gasteiger partial charge in [-0.2, -0.15) is 0 Å². The van der Waals surface area contributed by atoms with Crippen molar-refractivity contribution in [3.63, 3.8) is 0 Å². The van der Waals surface area contributed by atoms with Crippen LogP contribution in [0.15, 0.2) is 12.3 Å². The molecule has 0 saturated heterocycles. The van der Waals surface area contributed by atoms with E-state index in [1.807, 2.05) is 0 Å². The van der Waals surface area contributed by atoms with Crippen LogP contribution in [0.3, 0.4) is 0 Å². The van der Waals surface area contributed by atoms with Crippen molar-refractivity contribution in [2.45, 2.75) is 130 Å². The number of carbonyl (C=O) groups is 2. The lowest BCUT2D eigenvalue weighted by Gasteiger charge is -2.19. The molecular weight excluding hydrogens is 428 g/mol. The van der Waals surface area contributed by atoms with Crippen molar-refractivity contribution in [3.8, 4) is 0 Å². The Morgan fingerprint density at radius 1 is 0.676 bits per heavy atom. The van der Waals surface area contributed by atoms with E-state index in [1.165, 1.54) is 51.4 Å². The monoisotopic (exact) mass is 482 g/mol. The first-order chi connectivity index (χ1) is 16.4. The van der Waals surface area contributed by atoms with Gasteiger partial charge in [0.2, 0.25) is 0 Å². The summed E-state index contributed by atoms with van der Waals surface area (Å²) < 4.78 is 16.8. The third kappa shape index (κ3) is 22.3. The minimum Gasteiger partial charge on any atom is -0.499 e. The van der Waals surface area contributed by atoms with Gasteiger partial charge in [0.05, 0.1) is 25.6 Å². The normalized spacial score (nSPS) is 11.1. The Hall–Kier alpha value is -1.52. The number of ether oxygens (including phenoxy) is 3. The van der Waals surface area contributed by atoms with E-state index in [0.29, 0.717) is 37.5 Å². The molecule has 0 radical (unpaired) electrons. The maximum atomic E-state index is 12.2. The van der Waals surface area contributed by atoms with E-state index in [4.69, 9.17) is 14.2 Å². The van der Waals surface area contributed by atoms with Gasteiger partial charge in [-0.25, -0.2) is 0 Å². The Morgan fingerprint density at radius 2 is 1.12 bits per heavy atom. The SMILES string of the molecule is C=C(CC(COC(=O)CCCCCCCC)COC(=O)CCCCCCCC)OCCC(C)C. The molecule has 34 heavy (non-hydrogen) atoms. The lowest BCUT2D eigenvalue weighted by atomic mass is 10.1. The van der Waals surface area contributed by atoms with Crippen LogP contribution in [0.4, 0.5) is 0 Å². The molecule has 0 atom stereocenters. The van der Waals surface area contributed by atoms with Crippen molar-refractivity contribution in [1.82, 2.24) is 0 Å². The Balaban J connectivity index is 4.36.